The van der Waals surface area contributed by atoms with Crippen molar-refractivity contribution >= 4 is 11.8 Å². The molecule has 0 aliphatic carbocycles. The maximum Gasteiger partial charge on any atom is 0.314 e. The number of hydrogen-bond acceptors (Lipinski definition) is 5. The standard InChI is InChI=1S/C20H22FN3O2/c1-2-26-19(25)20(10-14-6-4-3-5-7-14)11-15-8-9-17(20)24(15)18-16(21)12-22-13-23-18/h3-7,12-13,15,17H,2,8-11H2,1H3/t15-,17+,20+/m1/s1. The van der Waals surface area contributed by atoms with E-state index in [-0.39, 0.29) is 18.1 Å². The fraction of sp³-hybridized carbons (Fsp3) is 0.450. The Bertz CT molecular complexity index is 801. The molecule has 5 nitrogen and oxygen atoms in total. The van der Waals surface area contributed by atoms with E-state index in [2.05, 4.69) is 9.97 Å². The Labute approximate surface area is 152 Å². The number of aromatic nitrogens is 2. The second kappa shape index (κ2) is 6.67. The van der Waals surface area contributed by atoms with Crippen molar-refractivity contribution in [2.24, 2.45) is 5.41 Å². The zero-order chi connectivity index (χ0) is 18.1. The molecule has 0 saturated carbocycles. The predicted molar refractivity (Wildman–Crippen MR) is 95.1 cm³/mol. The maximum absolute atomic E-state index is 14.4. The molecule has 2 aromatic rings. The van der Waals surface area contributed by atoms with Gasteiger partial charge in [0.2, 0.25) is 0 Å². The van der Waals surface area contributed by atoms with E-state index in [0.29, 0.717) is 25.3 Å². The molecule has 26 heavy (non-hydrogen) atoms. The molecule has 2 aliphatic heterocycles. The lowest BCUT2D eigenvalue weighted by molar-refractivity contribution is -0.156. The normalized spacial score (nSPS) is 26.9. The second-order valence-electron chi connectivity index (χ2n) is 7.09. The average Bonchev–Trinajstić information content (AvgIpc) is 3.19. The van der Waals surface area contributed by atoms with Crippen LogP contribution in [-0.2, 0) is 16.0 Å². The third-order valence-electron chi connectivity index (χ3n) is 5.68. The molecule has 3 atom stereocenters. The van der Waals surface area contributed by atoms with Gasteiger partial charge in [-0.2, -0.15) is 0 Å². The van der Waals surface area contributed by atoms with E-state index in [0.717, 1.165) is 18.4 Å². The number of esters is 1. The topological polar surface area (TPSA) is 55.3 Å². The number of halogens is 1. The van der Waals surface area contributed by atoms with Crippen molar-refractivity contribution in [3.05, 3.63) is 54.2 Å². The maximum atomic E-state index is 14.4. The van der Waals surface area contributed by atoms with Gasteiger partial charge >= 0.3 is 5.97 Å². The zero-order valence-electron chi connectivity index (χ0n) is 14.8. The van der Waals surface area contributed by atoms with Crippen LogP contribution in [0, 0.1) is 11.2 Å². The van der Waals surface area contributed by atoms with Gasteiger partial charge in [0.15, 0.2) is 11.6 Å². The molecule has 0 amide bonds. The van der Waals surface area contributed by atoms with Gasteiger partial charge in [-0.25, -0.2) is 14.4 Å². The Hall–Kier alpha value is -2.50. The molecule has 3 heterocycles. The van der Waals surface area contributed by atoms with Crippen molar-refractivity contribution in [3.63, 3.8) is 0 Å². The van der Waals surface area contributed by atoms with E-state index in [1.807, 2.05) is 42.2 Å². The van der Waals surface area contributed by atoms with Gasteiger partial charge in [0.25, 0.3) is 0 Å². The highest BCUT2D eigenvalue weighted by atomic mass is 19.1. The number of fused-ring (bicyclic) bond motifs is 2. The van der Waals surface area contributed by atoms with Crippen LogP contribution in [0.5, 0.6) is 0 Å². The van der Waals surface area contributed by atoms with Crippen molar-refractivity contribution in [2.75, 3.05) is 11.5 Å². The first-order chi connectivity index (χ1) is 12.7. The summed E-state index contributed by atoms with van der Waals surface area (Å²) in [5.74, 6) is -0.328. The molecule has 2 bridgehead atoms. The number of rotatable bonds is 5. The fourth-order valence-corrected chi connectivity index (χ4v) is 4.72. The molecular weight excluding hydrogens is 333 g/mol. The molecule has 2 aliphatic rings. The van der Waals surface area contributed by atoms with E-state index in [4.69, 9.17) is 4.74 Å². The van der Waals surface area contributed by atoms with Gasteiger partial charge in [-0.1, -0.05) is 30.3 Å². The summed E-state index contributed by atoms with van der Waals surface area (Å²) in [4.78, 5) is 23.0. The van der Waals surface area contributed by atoms with Crippen LogP contribution in [0.3, 0.4) is 0 Å². The lowest BCUT2D eigenvalue weighted by Crippen LogP contribution is -2.46. The van der Waals surface area contributed by atoms with Crippen LogP contribution in [0.15, 0.2) is 42.9 Å². The van der Waals surface area contributed by atoms with Gasteiger partial charge in [-0.3, -0.25) is 4.79 Å². The van der Waals surface area contributed by atoms with E-state index in [9.17, 15) is 9.18 Å². The van der Waals surface area contributed by atoms with Crippen molar-refractivity contribution in [1.82, 2.24) is 9.97 Å². The monoisotopic (exact) mass is 355 g/mol. The lowest BCUT2D eigenvalue weighted by atomic mass is 9.70. The van der Waals surface area contributed by atoms with Crippen LogP contribution in [-0.4, -0.2) is 34.6 Å². The first kappa shape index (κ1) is 16.9. The summed E-state index contributed by atoms with van der Waals surface area (Å²) < 4.78 is 19.8. The van der Waals surface area contributed by atoms with E-state index >= 15 is 0 Å². The summed E-state index contributed by atoms with van der Waals surface area (Å²) in [5, 5.41) is 0. The average molecular weight is 355 g/mol. The van der Waals surface area contributed by atoms with E-state index in [1.165, 1.54) is 12.5 Å². The summed E-state index contributed by atoms with van der Waals surface area (Å²) in [6, 6.07) is 9.95. The summed E-state index contributed by atoms with van der Waals surface area (Å²) in [6.07, 6.45) is 5.57. The molecule has 1 aromatic carbocycles. The molecular formula is C20H22FN3O2. The van der Waals surface area contributed by atoms with Gasteiger partial charge in [-0.05, 0) is 38.2 Å². The first-order valence-corrected chi connectivity index (χ1v) is 9.10. The number of hydrogen-bond donors (Lipinski definition) is 0. The molecule has 0 spiro atoms. The third kappa shape index (κ3) is 2.64. The Morgan fingerprint density at radius 2 is 2.15 bits per heavy atom. The lowest BCUT2D eigenvalue weighted by Gasteiger charge is -2.35. The van der Waals surface area contributed by atoms with Crippen molar-refractivity contribution in [3.8, 4) is 0 Å². The molecule has 0 N–H and O–H groups in total. The fourth-order valence-electron chi connectivity index (χ4n) is 4.72. The van der Waals surface area contributed by atoms with Crippen LogP contribution in [0.25, 0.3) is 0 Å². The highest BCUT2D eigenvalue weighted by Crippen LogP contribution is 2.53. The van der Waals surface area contributed by atoms with Crippen molar-refractivity contribution in [1.29, 1.82) is 0 Å². The van der Waals surface area contributed by atoms with Gasteiger partial charge < -0.3 is 9.64 Å². The zero-order valence-corrected chi connectivity index (χ0v) is 14.8. The SMILES string of the molecule is CCOC(=O)[C@@]1(Cc2ccccc2)C[C@H]2CC[C@@H]1N2c1ncncc1F. The summed E-state index contributed by atoms with van der Waals surface area (Å²) >= 11 is 0. The van der Waals surface area contributed by atoms with E-state index < -0.39 is 11.2 Å². The molecule has 0 unspecified atom stereocenters. The van der Waals surface area contributed by atoms with Gasteiger partial charge in [0.05, 0.1) is 18.2 Å². The molecule has 136 valence electrons. The summed E-state index contributed by atoms with van der Waals surface area (Å²) in [5.41, 5.74) is 0.425. The molecule has 1 aromatic heterocycles. The number of benzene rings is 1. The van der Waals surface area contributed by atoms with Crippen molar-refractivity contribution < 1.29 is 13.9 Å². The minimum Gasteiger partial charge on any atom is -0.465 e. The Morgan fingerprint density at radius 3 is 2.88 bits per heavy atom. The smallest absolute Gasteiger partial charge is 0.314 e. The van der Waals surface area contributed by atoms with Gasteiger partial charge in [0, 0.05) is 12.1 Å². The minimum absolute atomic E-state index is 0.0949. The van der Waals surface area contributed by atoms with Crippen LogP contribution < -0.4 is 4.90 Å². The van der Waals surface area contributed by atoms with Crippen LogP contribution in [0.1, 0.15) is 31.7 Å². The molecule has 4 rings (SSSR count). The number of ether oxygens (including phenoxy) is 1. The number of anilines is 1. The number of carbonyl (C=O) groups excluding carboxylic acids is 1. The highest BCUT2D eigenvalue weighted by molar-refractivity contribution is 5.81. The van der Waals surface area contributed by atoms with Crippen LogP contribution >= 0.6 is 0 Å². The van der Waals surface area contributed by atoms with Gasteiger partial charge in [0.1, 0.15) is 6.33 Å². The Kier molecular flexibility index (Phi) is 4.34. The first-order valence-electron chi connectivity index (χ1n) is 9.10. The van der Waals surface area contributed by atoms with Gasteiger partial charge in [-0.15, -0.1) is 0 Å². The van der Waals surface area contributed by atoms with Crippen molar-refractivity contribution in [2.45, 2.75) is 44.7 Å². The minimum atomic E-state index is -0.669. The Morgan fingerprint density at radius 1 is 1.35 bits per heavy atom. The number of nitrogens with zero attached hydrogens (tertiary/aromatic N) is 3. The quantitative estimate of drug-likeness (QED) is 0.771. The molecule has 2 fully saturated rings. The van der Waals surface area contributed by atoms with Crippen LogP contribution in [0.4, 0.5) is 10.2 Å². The second-order valence-corrected chi connectivity index (χ2v) is 7.09. The summed E-state index contributed by atoms with van der Waals surface area (Å²) in [6.45, 7) is 2.16. The Balaban J connectivity index is 1.73. The molecule has 0 radical (unpaired) electrons. The molecule has 2 saturated heterocycles. The van der Waals surface area contributed by atoms with E-state index in [1.54, 1.807) is 0 Å². The summed E-state index contributed by atoms with van der Waals surface area (Å²) in [7, 11) is 0. The predicted octanol–water partition coefficient (Wildman–Crippen LogP) is 3.15. The van der Waals surface area contributed by atoms with Crippen LogP contribution in [0.2, 0.25) is 0 Å². The largest absolute Gasteiger partial charge is 0.465 e. The number of carbonyl (C=O) groups is 1. The third-order valence-corrected chi connectivity index (χ3v) is 5.68. The highest BCUT2D eigenvalue weighted by Gasteiger charge is 2.61. The molecule has 6 heteroatoms.